The molecule has 0 spiro atoms. The molecule has 2 aromatic carbocycles. The molecule has 2 rings (SSSR count). The van der Waals surface area contributed by atoms with Crippen LogP contribution in [0.3, 0.4) is 0 Å². The largest absolute Gasteiger partial charge is 0.478 e. The SMILES string of the molecule is CN(C)CCOC(=O)Nc1ccc(CC(NC(=O)OC(C)(C)C)C(=O)Nc2ccc(C(=O)O)cc2)cc1. The lowest BCUT2D eigenvalue weighted by atomic mass is 10.0. The molecule has 37 heavy (non-hydrogen) atoms. The number of carboxylic acids is 1. The van der Waals surface area contributed by atoms with Crippen LogP contribution < -0.4 is 16.0 Å². The fourth-order valence-electron chi connectivity index (χ4n) is 3.02. The Balaban J connectivity index is 2.08. The predicted molar refractivity (Wildman–Crippen MR) is 139 cm³/mol. The van der Waals surface area contributed by atoms with Crippen molar-refractivity contribution >= 4 is 35.4 Å². The summed E-state index contributed by atoms with van der Waals surface area (Å²) in [6.07, 6.45) is -1.20. The molecule has 0 bridgehead atoms. The van der Waals surface area contributed by atoms with Crippen LogP contribution in [0.5, 0.6) is 0 Å². The van der Waals surface area contributed by atoms with E-state index in [2.05, 4.69) is 16.0 Å². The Morgan fingerprint density at radius 1 is 0.892 bits per heavy atom. The zero-order valence-electron chi connectivity index (χ0n) is 21.7. The van der Waals surface area contributed by atoms with Gasteiger partial charge in [0, 0.05) is 24.3 Å². The van der Waals surface area contributed by atoms with E-state index in [4.69, 9.17) is 14.6 Å². The summed E-state index contributed by atoms with van der Waals surface area (Å²) in [7, 11) is 3.75. The van der Waals surface area contributed by atoms with Gasteiger partial charge in [0.2, 0.25) is 5.91 Å². The van der Waals surface area contributed by atoms with Gasteiger partial charge in [-0.05, 0) is 76.8 Å². The fraction of sp³-hybridized carbons (Fsp3) is 0.385. The molecule has 0 aliphatic heterocycles. The minimum atomic E-state index is -1.08. The molecule has 1 unspecified atom stereocenters. The summed E-state index contributed by atoms with van der Waals surface area (Å²) in [5.41, 5.74) is 0.920. The molecular weight excluding hydrogens is 480 g/mol. The molecule has 0 heterocycles. The second kappa shape index (κ2) is 13.3. The standard InChI is InChI=1S/C26H34N4O7/c1-26(2,3)37-25(35)29-21(22(31)27-19-12-8-18(9-13-19)23(32)33)16-17-6-10-20(11-7-17)28-24(34)36-15-14-30(4)5/h6-13,21H,14-16H2,1-5H3,(H,27,31)(H,28,34)(H,29,35)(H,32,33). The third-order valence-corrected chi connectivity index (χ3v) is 4.82. The van der Waals surface area contributed by atoms with Gasteiger partial charge in [-0.25, -0.2) is 14.4 Å². The van der Waals surface area contributed by atoms with Crippen molar-refractivity contribution in [3.63, 3.8) is 0 Å². The molecule has 200 valence electrons. The summed E-state index contributed by atoms with van der Waals surface area (Å²) in [4.78, 5) is 50.3. The Kier molecular flexibility index (Phi) is 10.4. The highest BCUT2D eigenvalue weighted by Crippen LogP contribution is 2.15. The minimum absolute atomic E-state index is 0.0803. The zero-order chi connectivity index (χ0) is 27.6. The molecule has 1 atom stereocenters. The summed E-state index contributed by atoms with van der Waals surface area (Å²) < 4.78 is 10.4. The number of alkyl carbamates (subject to hydrolysis) is 1. The Morgan fingerprint density at radius 3 is 2.00 bits per heavy atom. The van der Waals surface area contributed by atoms with Gasteiger partial charge in [0.05, 0.1) is 5.56 Å². The van der Waals surface area contributed by atoms with Gasteiger partial charge in [0.15, 0.2) is 0 Å². The zero-order valence-corrected chi connectivity index (χ0v) is 21.7. The average molecular weight is 515 g/mol. The highest BCUT2D eigenvalue weighted by Gasteiger charge is 2.25. The van der Waals surface area contributed by atoms with Crippen molar-refractivity contribution in [3.8, 4) is 0 Å². The quantitative estimate of drug-likeness (QED) is 0.376. The van der Waals surface area contributed by atoms with Gasteiger partial charge in [-0.15, -0.1) is 0 Å². The highest BCUT2D eigenvalue weighted by atomic mass is 16.6. The molecule has 0 aromatic heterocycles. The van der Waals surface area contributed by atoms with E-state index in [-0.39, 0.29) is 18.6 Å². The number of carbonyl (C=O) groups is 4. The monoisotopic (exact) mass is 514 g/mol. The number of aromatic carboxylic acids is 1. The number of hydrogen-bond acceptors (Lipinski definition) is 7. The maximum atomic E-state index is 13.0. The number of amides is 3. The smallest absolute Gasteiger partial charge is 0.411 e. The summed E-state index contributed by atoms with van der Waals surface area (Å²) in [5, 5.41) is 17.0. The van der Waals surface area contributed by atoms with Gasteiger partial charge < -0.3 is 30.1 Å². The number of benzene rings is 2. The highest BCUT2D eigenvalue weighted by molar-refractivity contribution is 5.97. The third-order valence-electron chi connectivity index (χ3n) is 4.82. The van der Waals surface area contributed by atoms with E-state index in [0.717, 1.165) is 0 Å². The van der Waals surface area contributed by atoms with Crippen molar-refractivity contribution in [2.45, 2.75) is 38.8 Å². The first kappa shape index (κ1) is 29.1. The van der Waals surface area contributed by atoms with E-state index in [0.29, 0.717) is 23.5 Å². The summed E-state index contributed by atoms with van der Waals surface area (Å²) in [6.45, 7) is 5.99. The van der Waals surface area contributed by atoms with Crippen LogP contribution in [-0.2, 0) is 20.7 Å². The number of anilines is 2. The first-order chi connectivity index (χ1) is 17.3. The van der Waals surface area contributed by atoms with Crippen LogP contribution in [0, 0.1) is 0 Å². The molecule has 2 aromatic rings. The van der Waals surface area contributed by atoms with E-state index in [1.807, 2.05) is 19.0 Å². The minimum Gasteiger partial charge on any atom is -0.478 e. The van der Waals surface area contributed by atoms with Crippen LogP contribution in [0.25, 0.3) is 0 Å². The summed E-state index contributed by atoms with van der Waals surface area (Å²) >= 11 is 0. The van der Waals surface area contributed by atoms with Crippen molar-refractivity contribution in [2.24, 2.45) is 0 Å². The molecule has 4 N–H and O–H groups in total. The van der Waals surface area contributed by atoms with Crippen molar-refractivity contribution < 1.29 is 33.8 Å². The Labute approximate surface area is 216 Å². The number of nitrogens with zero attached hydrogens (tertiary/aromatic N) is 1. The van der Waals surface area contributed by atoms with Crippen LogP contribution in [0.15, 0.2) is 48.5 Å². The van der Waals surface area contributed by atoms with E-state index in [1.54, 1.807) is 45.0 Å². The molecule has 11 nitrogen and oxygen atoms in total. The lowest BCUT2D eigenvalue weighted by Crippen LogP contribution is -2.47. The van der Waals surface area contributed by atoms with Crippen LogP contribution >= 0.6 is 0 Å². The van der Waals surface area contributed by atoms with Crippen LogP contribution in [-0.4, -0.2) is 73.0 Å². The Bertz CT molecular complexity index is 1080. The second-order valence-electron chi connectivity index (χ2n) is 9.54. The van der Waals surface area contributed by atoms with E-state index < -0.39 is 35.7 Å². The molecule has 11 heteroatoms. The summed E-state index contributed by atoms with van der Waals surface area (Å²) in [5.74, 6) is -1.59. The predicted octanol–water partition coefficient (Wildman–Crippen LogP) is 3.57. The summed E-state index contributed by atoms with van der Waals surface area (Å²) in [6, 6.07) is 11.4. The molecule has 0 saturated heterocycles. The average Bonchev–Trinajstić information content (AvgIpc) is 2.78. The molecule has 0 aliphatic carbocycles. The maximum absolute atomic E-state index is 13.0. The number of ether oxygens (including phenoxy) is 2. The first-order valence-electron chi connectivity index (χ1n) is 11.6. The molecular formula is C26H34N4O7. The molecule has 3 amide bonds. The Hall–Kier alpha value is -4.12. The Morgan fingerprint density at radius 2 is 1.46 bits per heavy atom. The first-order valence-corrected chi connectivity index (χ1v) is 11.6. The van der Waals surface area contributed by atoms with Gasteiger partial charge >= 0.3 is 18.2 Å². The number of rotatable bonds is 10. The molecule has 0 radical (unpaired) electrons. The van der Waals surface area contributed by atoms with Gasteiger partial charge in [-0.2, -0.15) is 0 Å². The topological polar surface area (TPSA) is 146 Å². The van der Waals surface area contributed by atoms with E-state index in [1.165, 1.54) is 24.3 Å². The van der Waals surface area contributed by atoms with Gasteiger partial charge in [0.1, 0.15) is 18.2 Å². The number of nitrogens with one attached hydrogen (secondary N) is 3. The van der Waals surface area contributed by atoms with Crippen molar-refractivity contribution in [1.82, 2.24) is 10.2 Å². The number of likely N-dealkylation sites (N-methyl/N-ethyl adjacent to an activating group) is 1. The van der Waals surface area contributed by atoms with Crippen molar-refractivity contribution in [1.29, 1.82) is 0 Å². The third kappa shape index (κ3) is 11.0. The van der Waals surface area contributed by atoms with E-state index in [9.17, 15) is 19.2 Å². The number of carboxylic acid groups (broad SMARTS) is 1. The lowest BCUT2D eigenvalue weighted by Gasteiger charge is -2.23. The molecule has 0 saturated carbocycles. The van der Waals surface area contributed by atoms with Gasteiger partial charge in [0.25, 0.3) is 0 Å². The molecule has 0 aliphatic rings. The normalized spacial score (nSPS) is 11.8. The number of carbonyl (C=O) groups excluding carboxylic acids is 3. The van der Waals surface area contributed by atoms with Crippen molar-refractivity contribution in [2.75, 3.05) is 37.9 Å². The van der Waals surface area contributed by atoms with Gasteiger partial charge in [-0.1, -0.05) is 12.1 Å². The fourth-order valence-corrected chi connectivity index (χ4v) is 3.02. The maximum Gasteiger partial charge on any atom is 0.411 e. The van der Waals surface area contributed by atoms with Crippen LogP contribution in [0.4, 0.5) is 21.0 Å². The lowest BCUT2D eigenvalue weighted by molar-refractivity contribution is -0.118. The van der Waals surface area contributed by atoms with Gasteiger partial charge in [-0.3, -0.25) is 10.1 Å². The molecule has 0 fully saturated rings. The van der Waals surface area contributed by atoms with E-state index >= 15 is 0 Å². The number of hydrogen-bond donors (Lipinski definition) is 4. The second-order valence-corrected chi connectivity index (χ2v) is 9.54. The van der Waals surface area contributed by atoms with Crippen LogP contribution in [0.1, 0.15) is 36.7 Å². The van der Waals surface area contributed by atoms with Crippen molar-refractivity contribution in [3.05, 3.63) is 59.7 Å². The van der Waals surface area contributed by atoms with Crippen LogP contribution in [0.2, 0.25) is 0 Å².